The molecule has 2 nitrogen and oxygen atoms in total. The van der Waals surface area contributed by atoms with Gasteiger partial charge in [-0.2, -0.15) is 0 Å². The number of halogens is 1. The molecule has 0 saturated carbocycles. The van der Waals surface area contributed by atoms with Gasteiger partial charge in [-0.05, 0) is 31.2 Å². The van der Waals surface area contributed by atoms with Gasteiger partial charge in [0.05, 0.1) is 0 Å². The van der Waals surface area contributed by atoms with E-state index in [0.29, 0.717) is 6.04 Å². The van der Waals surface area contributed by atoms with Crippen molar-refractivity contribution in [2.24, 2.45) is 0 Å². The highest BCUT2D eigenvalue weighted by Gasteiger charge is 2.20. The molecule has 0 spiro atoms. The van der Waals surface area contributed by atoms with Crippen LogP contribution in [-0.4, -0.2) is 37.6 Å². The van der Waals surface area contributed by atoms with Crippen molar-refractivity contribution in [2.75, 3.05) is 26.7 Å². The number of likely N-dealkylation sites (N-methyl/N-ethyl adjacent to an activating group) is 1. The number of nitrogens with zero attached hydrogens (tertiary/aromatic N) is 1. The molecule has 0 aromatic heterocycles. The summed E-state index contributed by atoms with van der Waals surface area (Å²) >= 11 is 0. The van der Waals surface area contributed by atoms with Crippen LogP contribution in [0.25, 0.3) is 0 Å². The van der Waals surface area contributed by atoms with Gasteiger partial charge in [0, 0.05) is 25.7 Å². The number of nitrogens with one attached hydrogen (secondary N) is 1. The van der Waals surface area contributed by atoms with Crippen molar-refractivity contribution in [3.63, 3.8) is 0 Å². The first-order chi connectivity index (χ1) is 7.25. The van der Waals surface area contributed by atoms with E-state index < -0.39 is 0 Å². The van der Waals surface area contributed by atoms with Crippen LogP contribution in [0.2, 0.25) is 0 Å². The van der Waals surface area contributed by atoms with Gasteiger partial charge in [0.2, 0.25) is 0 Å². The van der Waals surface area contributed by atoms with Crippen molar-refractivity contribution in [1.29, 1.82) is 0 Å². The van der Waals surface area contributed by atoms with Crippen molar-refractivity contribution < 1.29 is 4.39 Å². The van der Waals surface area contributed by atoms with Crippen molar-refractivity contribution in [3.05, 3.63) is 35.6 Å². The molecule has 1 N–H and O–H groups in total. The Hall–Kier alpha value is -0.930. The standard InChI is InChI=1S/C12H17FN2/c1-15(12-8-14-9-12)6-5-10-3-2-4-11(13)7-10/h2-4,7,12,14H,5-6,8-9H2,1H3. The molecule has 1 aliphatic heterocycles. The van der Waals surface area contributed by atoms with E-state index >= 15 is 0 Å². The SMILES string of the molecule is CN(CCc1cccc(F)c1)C1CNC1. The molecule has 3 heteroatoms. The van der Waals surface area contributed by atoms with Crippen LogP contribution >= 0.6 is 0 Å². The zero-order chi connectivity index (χ0) is 10.7. The van der Waals surface area contributed by atoms with Crippen LogP contribution in [0.4, 0.5) is 4.39 Å². The highest BCUT2D eigenvalue weighted by atomic mass is 19.1. The van der Waals surface area contributed by atoms with E-state index in [0.717, 1.165) is 31.6 Å². The Morgan fingerprint density at radius 2 is 2.27 bits per heavy atom. The predicted molar refractivity (Wildman–Crippen MR) is 59.4 cm³/mol. The van der Waals surface area contributed by atoms with Gasteiger partial charge in [-0.15, -0.1) is 0 Å². The number of hydrogen-bond donors (Lipinski definition) is 1. The van der Waals surface area contributed by atoms with Gasteiger partial charge in [0.15, 0.2) is 0 Å². The van der Waals surface area contributed by atoms with Crippen LogP contribution in [-0.2, 0) is 6.42 Å². The van der Waals surface area contributed by atoms with E-state index in [9.17, 15) is 4.39 Å². The van der Waals surface area contributed by atoms with Gasteiger partial charge in [0.1, 0.15) is 5.82 Å². The van der Waals surface area contributed by atoms with Crippen molar-refractivity contribution in [2.45, 2.75) is 12.5 Å². The van der Waals surface area contributed by atoms with Crippen molar-refractivity contribution >= 4 is 0 Å². The lowest BCUT2D eigenvalue weighted by molar-refractivity contribution is 0.182. The second kappa shape index (κ2) is 4.73. The molecule has 1 aromatic rings. The molecule has 0 radical (unpaired) electrons. The van der Waals surface area contributed by atoms with Gasteiger partial charge < -0.3 is 10.2 Å². The second-order valence-electron chi connectivity index (χ2n) is 4.17. The lowest BCUT2D eigenvalue weighted by atomic mass is 10.1. The first kappa shape index (κ1) is 10.6. The summed E-state index contributed by atoms with van der Waals surface area (Å²) in [5, 5.41) is 3.25. The molecule has 1 fully saturated rings. The molecule has 0 atom stereocenters. The van der Waals surface area contributed by atoms with Gasteiger partial charge in [-0.25, -0.2) is 4.39 Å². The minimum atomic E-state index is -0.138. The Bertz CT molecular complexity index is 323. The summed E-state index contributed by atoms with van der Waals surface area (Å²) < 4.78 is 12.9. The Morgan fingerprint density at radius 1 is 1.47 bits per heavy atom. The van der Waals surface area contributed by atoms with Gasteiger partial charge in [-0.3, -0.25) is 0 Å². The van der Waals surface area contributed by atoms with E-state index in [1.54, 1.807) is 12.1 Å². The van der Waals surface area contributed by atoms with E-state index in [1.807, 2.05) is 6.07 Å². The molecule has 1 saturated heterocycles. The van der Waals surface area contributed by atoms with E-state index in [2.05, 4.69) is 17.3 Å². The predicted octanol–water partition coefficient (Wildman–Crippen LogP) is 1.27. The summed E-state index contributed by atoms with van der Waals surface area (Å²) in [5.41, 5.74) is 1.08. The fourth-order valence-electron chi connectivity index (χ4n) is 1.77. The molecular weight excluding hydrogens is 191 g/mol. The number of hydrogen-bond acceptors (Lipinski definition) is 2. The third-order valence-electron chi connectivity index (χ3n) is 3.03. The Morgan fingerprint density at radius 3 is 2.87 bits per heavy atom. The van der Waals surface area contributed by atoms with Crippen LogP contribution in [0.1, 0.15) is 5.56 Å². The number of rotatable bonds is 4. The minimum absolute atomic E-state index is 0.138. The van der Waals surface area contributed by atoms with Crippen LogP contribution in [0.3, 0.4) is 0 Å². The van der Waals surface area contributed by atoms with Crippen LogP contribution in [0.15, 0.2) is 24.3 Å². The molecular formula is C12H17FN2. The topological polar surface area (TPSA) is 15.3 Å². The zero-order valence-electron chi connectivity index (χ0n) is 9.04. The molecule has 82 valence electrons. The Kier molecular flexibility index (Phi) is 3.34. The largest absolute Gasteiger partial charge is 0.314 e. The molecule has 0 unspecified atom stereocenters. The summed E-state index contributed by atoms with van der Waals surface area (Å²) in [4.78, 5) is 2.33. The maximum absolute atomic E-state index is 12.9. The number of benzene rings is 1. The molecule has 1 heterocycles. The highest BCUT2D eigenvalue weighted by Crippen LogP contribution is 2.07. The average molecular weight is 208 g/mol. The van der Waals surface area contributed by atoms with E-state index in [4.69, 9.17) is 0 Å². The molecule has 0 amide bonds. The monoisotopic (exact) mass is 208 g/mol. The molecule has 0 aliphatic carbocycles. The second-order valence-corrected chi connectivity index (χ2v) is 4.17. The highest BCUT2D eigenvalue weighted by molar-refractivity contribution is 5.16. The molecule has 1 aliphatic rings. The Labute approximate surface area is 90.1 Å². The first-order valence-corrected chi connectivity index (χ1v) is 5.41. The van der Waals surface area contributed by atoms with Crippen LogP contribution in [0, 0.1) is 5.82 Å². The first-order valence-electron chi connectivity index (χ1n) is 5.41. The van der Waals surface area contributed by atoms with Gasteiger partial charge >= 0.3 is 0 Å². The van der Waals surface area contributed by atoms with E-state index in [1.165, 1.54) is 6.07 Å². The summed E-state index contributed by atoms with van der Waals surface area (Å²) in [6.45, 7) is 3.16. The minimum Gasteiger partial charge on any atom is -0.314 e. The summed E-state index contributed by atoms with van der Waals surface area (Å²) in [7, 11) is 2.13. The summed E-state index contributed by atoms with van der Waals surface area (Å²) in [6.07, 6.45) is 0.921. The quantitative estimate of drug-likeness (QED) is 0.801. The fraction of sp³-hybridized carbons (Fsp3) is 0.500. The zero-order valence-corrected chi connectivity index (χ0v) is 9.04. The molecule has 2 rings (SSSR count). The van der Waals surface area contributed by atoms with Gasteiger partial charge in [0.25, 0.3) is 0 Å². The van der Waals surface area contributed by atoms with Crippen molar-refractivity contribution in [1.82, 2.24) is 10.2 Å². The average Bonchev–Trinajstić information content (AvgIpc) is 2.12. The maximum atomic E-state index is 12.9. The van der Waals surface area contributed by atoms with Crippen molar-refractivity contribution in [3.8, 4) is 0 Å². The summed E-state index contributed by atoms with van der Waals surface area (Å²) in [6, 6.07) is 7.53. The normalized spacial score (nSPS) is 16.7. The molecule has 1 aromatic carbocycles. The third-order valence-corrected chi connectivity index (χ3v) is 3.03. The Balaban J connectivity index is 1.81. The fourth-order valence-corrected chi connectivity index (χ4v) is 1.77. The molecule has 15 heavy (non-hydrogen) atoms. The van der Waals surface area contributed by atoms with Gasteiger partial charge in [-0.1, -0.05) is 12.1 Å². The lowest BCUT2D eigenvalue weighted by Gasteiger charge is -2.35. The lowest BCUT2D eigenvalue weighted by Crippen LogP contribution is -2.56. The molecule has 0 bridgehead atoms. The van der Waals surface area contributed by atoms with Crippen LogP contribution in [0.5, 0.6) is 0 Å². The van der Waals surface area contributed by atoms with Crippen LogP contribution < -0.4 is 5.32 Å². The smallest absolute Gasteiger partial charge is 0.123 e. The van der Waals surface area contributed by atoms with E-state index in [-0.39, 0.29) is 5.82 Å². The summed E-state index contributed by atoms with van der Waals surface area (Å²) in [5.74, 6) is -0.138. The maximum Gasteiger partial charge on any atom is 0.123 e. The third kappa shape index (κ3) is 2.76.